The number of aromatic nitrogens is 2. The van der Waals surface area contributed by atoms with Crippen LogP contribution in [0.5, 0.6) is 5.75 Å². The molecular weight excluding hydrogens is 265 g/mol. The fourth-order valence-electron chi connectivity index (χ4n) is 1.52. The molecule has 19 heavy (non-hydrogen) atoms. The van der Waals surface area contributed by atoms with Crippen LogP contribution in [0.2, 0.25) is 0 Å². The molecule has 102 valence electrons. The minimum Gasteiger partial charge on any atom is -0.497 e. The largest absolute Gasteiger partial charge is 0.497 e. The van der Waals surface area contributed by atoms with Crippen LogP contribution in [0.3, 0.4) is 0 Å². The molecule has 1 heterocycles. The van der Waals surface area contributed by atoms with Crippen LogP contribution in [0.4, 0.5) is 4.39 Å². The van der Waals surface area contributed by atoms with Gasteiger partial charge < -0.3 is 10.1 Å². The average molecular weight is 281 g/mol. The molecule has 1 aromatic heterocycles. The maximum Gasteiger partial charge on any atom is 0.150 e. The topological polar surface area (TPSA) is 47.0 Å². The molecule has 1 N–H and O–H groups in total. The maximum absolute atomic E-state index is 13.9. The first-order valence-corrected chi connectivity index (χ1v) is 6.81. The fraction of sp³-hybridized carbons (Fsp3) is 0.385. The number of halogens is 1. The quantitative estimate of drug-likeness (QED) is 0.915. The Labute approximate surface area is 115 Å². The molecule has 6 heteroatoms. The molecule has 0 fully saturated rings. The zero-order valence-electron chi connectivity index (χ0n) is 11.1. The van der Waals surface area contributed by atoms with Gasteiger partial charge in [-0.15, -0.1) is 10.2 Å². The first kappa shape index (κ1) is 13.9. The van der Waals surface area contributed by atoms with E-state index >= 15 is 0 Å². The second-order valence-electron chi connectivity index (χ2n) is 4.38. The predicted molar refractivity (Wildman–Crippen MR) is 73.8 cm³/mol. The number of hydrogen-bond donors (Lipinski definition) is 1. The SMILES string of the molecule is COc1ccc(-c2nnc(CNC(C)C)s2)c(F)c1. The highest BCUT2D eigenvalue weighted by atomic mass is 32.1. The summed E-state index contributed by atoms with van der Waals surface area (Å²) in [6.45, 7) is 4.77. The second-order valence-corrected chi connectivity index (χ2v) is 5.44. The van der Waals surface area contributed by atoms with Crippen molar-refractivity contribution in [2.75, 3.05) is 7.11 Å². The van der Waals surface area contributed by atoms with E-state index in [1.54, 1.807) is 12.1 Å². The second kappa shape index (κ2) is 6.08. The summed E-state index contributed by atoms with van der Waals surface area (Å²) >= 11 is 1.39. The lowest BCUT2D eigenvalue weighted by Crippen LogP contribution is -2.21. The maximum atomic E-state index is 13.9. The third kappa shape index (κ3) is 3.48. The van der Waals surface area contributed by atoms with Crippen molar-refractivity contribution < 1.29 is 9.13 Å². The van der Waals surface area contributed by atoms with Gasteiger partial charge in [-0.25, -0.2) is 4.39 Å². The van der Waals surface area contributed by atoms with Crippen molar-refractivity contribution in [2.45, 2.75) is 26.4 Å². The Bertz CT molecular complexity index is 557. The first-order chi connectivity index (χ1) is 9.10. The molecule has 0 aliphatic carbocycles. The number of benzene rings is 1. The van der Waals surface area contributed by atoms with Crippen molar-refractivity contribution in [1.29, 1.82) is 0 Å². The molecule has 0 bridgehead atoms. The predicted octanol–water partition coefficient (Wildman–Crippen LogP) is 2.85. The highest BCUT2D eigenvalue weighted by Gasteiger charge is 2.12. The van der Waals surface area contributed by atoms with Crippen LogP contribution in [0, 0.1) is 5.82 Å². The molecule has 0 saturated carbocycles. The molecule has 0 amide bonds. The van der Waals surface area contributed by atoms with E-state index in [-0.39, 0.29) is 5.82 Å². The van der Waals surface area contributed by atoms with Crippen LogP contribution in [0.1, 0.15) is 18.9 Å². The molecule has 0 unspecified atom stereocenters. The van der Waals surface area contributed by atoms with Crippen LogP contribution in [0.15, 0.2) is 18.2 Å². The molecule has 0 spiro atoms. The first-order valence-electron chi connectivity index (χ1n) is 6.00. The molecular formula is C13H16FN3OS. The standard InChI is InChI=1S/C13H16FN3OS/c1-8(2)15-7-12-16-17-13(19-12)10-5-4-9(18-3)6-11(10)14/h4-6,8,15H,7H2,1-3H3. The molecule has 0 radical (unpaired) electrons. The summed E-state index contributed by atoms with van der Waals surface area (Å²) in [5, 5.41) is 12.8. The number of ether oxygens (including phenoxy) is 1. The summed E-state index contributed by atoms with van der Waals surface area (Å²) in [6, 6.07) is 5.10. The lowest BCUT2D eigenvalue weighted by atomic mass is 10.2. The van der Waals surface area contributed by atoms with Crippen molar-refractivity contribution in [3.8, 4) is 16.3 Å². The third-order valence-electron chi connectivity index (χ3n) is 2.54. The van der Waals surface area contributed by atoms with Crippen molar-refractivity contribution in [3.63, 3.8) is 0 Å². The molecule has 0 saturated heterocycles. The van der Waals surface area contributed by atoms with Gasteiger partial charge in [-0.1, -0.05) is 25.2 Å². The van der Waals surface area contributed by atoms with Crippen molar-refractivity contribution in [1.82, 2.24) is 15.5 Å². The van der Waals surface area contributed by atoms with E-state index in [0.717, 1.165) is 5.01 Å². The van der Waals surface area contributed by atoms with Gasteiger partial charge in [-0.05, 0) is 12.1 Å². The van der Waals surface area contributed by atoms with E-state index in [2.05, 4.69) is 29.4 Å². The van der Waals surface area contributed by atoms with E-state index in [0.29, 0.717) is 28.9 Å². The number of rotatable bonds is 5. The number of nitrogens with zero attached hydrogens (tertiary/aromatic N) is 2. The average Bonchev–Trinajstić information content (AvgIpc) is 2.84. The highest BCUT2D eigenvalue weighted by molar-refractivity contribution is 7.14. The number of methoxy groups -OCH3 is 1. The molecule has 2 aromatic rings. The summed E-state index contributed by atoms with van der Waals surface area (Å²) in [5.41, 5.74) is 0.453. The third-order valence-corrected chi connectivity index (χ3v) is 3.49. The van der Waals surface area contributed by atoms with Gasteiger partial charge in [0.2, 0.25) is 0 Å². The monoisotopic (exact) mass is 281 g/mol. The van der Waals surface area contributed by atoms with Crippen molar-refractivity contribution >= 4 is 11.3 Å². The smallest absolute Gasteiger partial charge is 0.150 e. The van der Waals surface area contributed by atoms with E-state index in [1.807, 2.05) is 0 Å². The van der Waals surface area contributed by atoms with Gasteiger partial charge in [0.15, 0.2) is 5.01 Å². The minimum atomic E-state index is -0.348. The number of nitrogens with one attached hydrogen (secondary N) is 1. The van der Waals surface area contributed by atoms with Gasteiger partial charge in [-0.3, -0.25) is 0 Å². The van der Waals surface area contributed by atoms with Gasteiger partial charge in [0, 0.05) is 24.2 Å². The molecule has 2 rings (SSSR count). The Morgan fingerprint density at radius 1 is 1.37 bits per heavy atom. The Hall–Kier alpha value is -1.53. The Balaban J connectivity index is 2.18. The van der Waals surface area contributed by atoms with E-state index in [1.165, 1.54) is 24.5 Å². The molecule has 0 aliphatic rings. The van der Waals surface area contributed by atoms with Crippen LogP contribution >= 0.6 is 11.3 Å². The van der Waals surface area contributed by atoms with Gasteiger partial charge in [0.05, 0.1) is 7.11 Å². The zero-order chi connectivity index (χ0) is 13.8. The van der Waals surface area contributed by atoms with Crippen LogP contribution in [0.25, 0.3) is 10.6 Å². The van der Waals surface area contributed by atoms with Gasteiger partial charge >= 0.3 is 0 Å². The Morgan fingerprint density at radius 3 is 2.79 bits per heavy atom. The van der Waals surface area contributed by atoms with Gasteiger partial charge in [0.25, 0.3) is 0 Å². The summed E-state index contributed by atoms with van der Waals surface area (Å²) in [6.07, 6.45) is 0. The van der Waals surface area contributed by atoms with Crippen LogP contribution in [-0.4, -0.2) is 23.3 Å². The molecule has 4 nitrogen and oxygen atoms in total. The van der Waals surface area contributed by atoms with Gasteiger partial charge in [0.1, 0.15) is 16.6 Å². The normalized spacial score (nSPS) is 11.0. The highest BCUT2D eigenvalue weighted by Crippen LogP contribution is 2.28. The summed E-state index contributed by atoms with van der Waals surface area (Å²) in [7, 11) is 1.51. The van der Waals surface area contributed by atoms with Crippen molar-refractivity contribution in [2.24, 2.45) is 0 Å². The molecule has 0 atom stereocenters. The Kier molecular flexibility index (Phi) is 4.44. The lowest BCUT2D eigenvalue weighted by Gasteiger charge is -2.04. The van der Waals surface area contributed by atoms with Gasteiger partial charge in [-0.2, -0.15) is 0 Å². The summed E-state index contributed by atoms with van der Waals surface area (Å²) in [5.74, 6) is 0.145. The summed E-state index contributed by atoms with van der Waals surface area (Å²) in [4.78, 5) is 0. The van der Waals surface area contributed by atoms with E-state index in [9.17, 15) is 4.39 Å². The zero-order valence-corrected chi connectivity index (χ0v) is 11.9. The van der Waals surface area contributed by atoms with Crippen molar-refractivity contribution in [3.05, 3.63) is 29.0 Å². The molecule has 1 aromatic carbocycles. The summed E-state index contributed by atoms with van der Waals surface area (Å²) < 4.78 is 18.9. The van der Waals surface area contributed by atoms with E-state index < -0.39 is 0 Å². The van der Waals surface area contributed by atoms with Crippen LogP contribution < -0.4 is 10.1 Å². The Morgan fingerprint density at radius 2 is 2.16 bits per heavy atom. The lowest BCUT2D eigenvalue weighted by molar-refractivity contribution is 0.411. The molecule has 0 aliphatic heterocycles. The van der Waals surface area contributed by atoms with Crippen LogP contribution in [-0.2, 0) is 6.54 Å². The number of hydrogen-bond acceptors (Lipinski definition) is 5. The van der Waals surface area contributed by atoms with E-state index in [4.69, 9.17) is 4.74 Å². The minimum absolute atomic E-state index is 0.348. The fourth-order valence-corrected chi connectivity index (χ4v) is 2.34.